The molecule has 0 amide bonds. The molecule has 5 heteroatoms. The number of thioether (sulfide) groups is 1. The van der Waals surface area contributed by atoms with Crippen molar-refractivity contribution in [2.24, 2.45) is 0 Å². The first kappa shape index (κ1) is 20.4. The number of morpholine rings is 1. The van der Waals surface area contributed by atoms with Gasteiger partial charge >= 0.3 is 0 Å². The molecule has 3 aromatic rings. The lowest BCUT2D eigenvalue weighted by Gasteiger charge is -2.37. The maximum absolute atomic E-state index is 14.0. The van der Waals surface area contributed by atoms with Crippen LogP contribution in [0, 0.1) is 5.82 Å². The van der Waals surface area contributed by atoms with Gasteiger partial charge in [-0.1, -0.05) is 66.2 Å². The summed E-state index contributed by atoms with van der Waals surface area (Å²) in [4.78, 5) is 3.38. The van der Waals surface area contributed by atoms with Crippen molar-refractivity contribution in [1.29, 1.82) is 0 Å². The predicted octanol–water partition coefficient (Wildman–Crippen LogP) is 6.21. The molecule has 1 heterocycles. The van der Waals surface area contributed by atoms with Gasteiger partial charge in [0.2, 0.25) is 0 Å². The van der Waals surface area contributed by atoms with E-state index in [1.807, 2.05) is 36.4 Å². The van der Waals surface area contributed by atoms with Crippen LogP contribution in [-0.2, 0) is 11.3 Å². The van der Waals surface area contributed by atoms with E-state index in [0.717, 1.165) is 30.1 Å². The number of hydrogen-bond acceptors (Lipinski definition) is 3. The zero-order valence-electron chi connectivity index (χ0n) is 16.0. The molecule has 0 saturated carbocycles. The van der Waals surface area contributed by atoms with Crippen molar-refractivity contribution in [3.05, 3.63) is 101 Å². The molecular formula is C24H23ClFNOS. The number of benzene rings is 3. The normalized spacial score (nSPS) is 18.5. The van der Waals surface area contributed by atoms with Crippen molar-refractivity contribution in [1.82, 2.24) is 4.90 Å². The minimum atomic E-state index is -0.232. The Labute approximate surface area is 180 Å². The number of ether oxygens (including phenoxy) is 1. The maximum Gasteiger partial charge on any atom is 0.123 e. The van der Waals surface area contributed by atoms with Crippen molar-refractivity contribution < 1.29 is 9.13 Å². The first-order valence-corrected chi connectivity index (χ1v) is 11.0. The first-order chi connectivity index (χ1) is 14.2. The molecule has 2 nitrogen and oxygen atoms in total. The highest BCUT2D eigenvalue weighted by molar-refractivity contribution is 7.99. The number of halogens is 2. The van der Waals surface area contributed by atoms with Gasteiger partial charge in [0.25, 0.3) is 0 Å². The van der Waals surface area contributed by atoms with Gasteiger partial charge < -0.3 is 4.74 Å². The number of nitrogens with zero attached hydrogens (tertiary/aromatic N) is 1. The van der Waals surface area contributed by atoms with Gasteiger partial charge in [-0.2, -0.15) is 0 Å². The average molecular weight is 428 g/mol. The van der Waals surface area contributed by atoms with E-state index in [1.165, 1.54) is 11.6 Å². The second-order valence-electron chi connectivity index (χ2n) is 7.15. The zero-order chi connectivity index (χ0) is 20.1. The quantitative estimate of drug-likeness (QED) is 0.433. The van der Waals surface area contributed by atoms with Gasteiger partial charge in [-0.25, -0.2) is 4.39 Å². The van der Waals surface area contributed by atoms with Gasteiger partial charge in [0.1, 0.15) is 5.82 Å². The predicted molar refractivity (Wildman–Crippen MR) is 118 cm³/mol. The second kappa shape index (κ2) is 9.77. The fourth-order valence-electron chi connectivity index (χ4n) is 3.62. The molecule has 0 radical (unpaired) electrons. The molecule has 0 aromatic heterocycles. The minimum absolute atomic E-state index is 0.0517. The molecular weight excluding hydrogens is 405 g/mol. The van der Waals surface area contributed by atoms with E-state index in [-0.39, 0.29) is 17.2 Å². The summed E-state index contributed by atoms with van der Waals surface area (Å²) in [5.74, 6) is -0.232. The molecule has 3 aromatic carbocycles. The lowest BCUT2D eigenvalue weighted by atomic mass is 10.1. The Morgan fingerprint density at radius 1 is 1.03 bits per heavy atom. The minimum Gasteiger partial charge on any atom is -0.374 e. The molecule has 1 aliphatic rings. The van der Waals surface area contributed by atoms with Crippen LogP contribution in [0.2, 0.25) is 5.02 Å². The Kier molecular flexibility index (Phi) is 6.88. The van der Waals surface area contributed by atoms with Crippen LogP contribution in [0.5, 0.6) is 0 Å². The number of hydrogen-bond donors (Lipinski definition) is 0. The molecule has 4 rings (SSSR count). The van der Waals surface area contributed by atoms with Gasteiger partial charge in [-0.05, 0) is 35.4 Å². The van der Waals surface area contributed by atoms with Crippen LogP contribution in [0.3, 0.4) is 0 Å². The van der Waals surface area contributed by atoms with E-state index in [1.54, 1.807) is 23.9 Å². The standard InChI is InChI=1S/C24H23ClFNOS/c25-21-11-4-5-12-23(21)29-24(19-9-6-10-20(26)15-19)22-17-27(13-14-28-22)16-18-7-2-1-3-8-18/h1-12,15,22,24H,13-14,16-17H2/t22-,24-/m0/s1. The van der Waals surface area contributed by atoms with Crippen LogP contribution in [0.15, 0.2) is 83.8 Å². The van der Waals surface area contributed by atoms with E-state index in [4.69, 9.17) is 16.3 Å². The molecule has 1 fully saturated rings. The lowest BCUT2D eigenvalue weighted by Crippen LogP contribution is -2.44. The highest BCUT2D eigenvalue weighted by Gasteiger charge is 2.31. The Hall–Kier alpha value is -1.85. The Balaban J connectivity index is 1.57. The average Bonchev–Trinajstić information content (AvgIpc) is 2.74. The van der Waals surface area contributed by atoms with Gasteiger partial charge in [0, 0.05) is 24.5 Å². The summed E-state index contributed by atoms with van der Waals surface area (Å²) < 4.78 is 20.2. The Morgan fingerprint density at radius 3 is 2.62 bits per heavy atom. The summed E-state index contributed by atoms with van der Waals surface area (Å²) in [5.41, 5.74) is 2.20. The Morgan fingerprint density at radius 2 is 1.83 bits per heavy atom. The molecule has 29 heavy (non-hydrogen) atoms. The van der Waals surface area contributed by atoms with Gasteiger partial charge in [-0.15, -0.1) is 11.8 Å². The van der Waals surface area contributed by atoms with E-state index in [2.05, 4.69) is 29.2 Å². The third kappa shape index (κ3) is 5.40. The molecule has 0 spiro atoms. The SMILES string of the molecule is Fc1cccc([C@H](Sc2ccccc2Cl)[C@@H]2CN(Cc3ccccc3)CCO2)c1. The van der Waals surface area contributed by atoms with Crippen LogP contribution in [-0.4, -0.2) is 30.7 Å². The summed E-state index contributed by atoms with van der Waals surface area (Å²) >= 11 is 8.06. The van der Waals surface area contributed by atoms with Crippen molar-refractivity contribution in [3.63, 3.8) is 0 Å². The third-order valence-corrected chi connectivity index (χ3v) is 6.91. The van der Waals surface area contributed by atoms with E-state index < -0.39 is 0 Å². The maximum atomic E-state index is 14.0. The van der Waals surface area contributed by atoms with E-state index >= 15 is 0 Å². The molecule has 0 aliphatic carbocycles. The van der Waals surface area contributed by atoms with Crippen molar-refractivity contribution in [3.8, 4) is 0 Å². The first-order valence-electron chi connectivity index (χ1n) is 9.73. The second-order valence-corrected chi connectivity index (χ2v) is 8.74. The van der Waals surface area contributed by atoms with Crippen LogP contribution in [0.25, 0.3) is 0 Å². The molecule has 150 valence electrons. The summed E-state index contributed by atoms with van der Waals surface area (Å²) in [7, 11) is 0. The van der Waals surface area contributed by atoms with Crippen molar-refractivity contribution in [2.45, 2.75) is 22.8 Å². The molecule has 0 bridgehead atoms. The largest absolute Gasteiger partial charge is 0.374 e. The summed E-state index contributed by atoms with van der Waals surface area (Å²) in [6.07, 6.45) is -0.0597. The molecule has 1 aliphatic heterocycles. The van der Waals surface area contributed by atoms with Crippen molar-refractivity contribution >= 4 is 23.4 Å². The van der Waals surface area contributed by atoms with Crippen LogP contribution in [0.4, 0.5) is 4.39 Å². The van der Waals surface area contributed by atoms with Gasteiger partial charge in [0.05, 0.1) is 23.0 Å². The smallest absolute Gasteiger partial charge is 0.123 e. The highest BCUT2D eigenvalue weighted by Crippen LogP contribution is 2.42. The van der Waals surface area contributed by atoms with Gasteiger partial charge in [0.15, 0.2) is 0 Å². The lowest BCUT2D eigenvalue weighted by molar-refractivity contribution is -0.0320. The number of rotatable bonds is 6. The summed E-state index contributed by atoms with van der Waals surface area (Å²) in [5, 5.41) is 0.653. The summed E-state index contributed by atoms with van der Waals surface area (Å²) in [6, 6.07) is 25.0. The van der Waals surface area contributed by atoms with Crippen LogP contribution in [0.1, 0.15) is 16.4 Å². The van der Waals surface area contributed by atoms with Gasteiger partial charge in [-0.3, -0.25) is 4.90 Å². The summed E-state index contributed by atoms with van der Waals surface area (Å²) in [6.45, 7) is 3.21. The van der Waals surface area contributed by atoms with Crippen LogP contribution >= 0.6 is 23.4 Å². The Bertz CT molecular complexity index is 939. The fraction of sp³-hybridized carbons (Fsp3) is 0.250. The molecule has 0 N–H and O–H groups in total. The topological polar surface area (TPSA) is 12.5 Å². The monoisotopic (exact) mass is 427 g/mol. The van der Waals surface area contributed by atoms with Crippen molar-refractivity contribution in [2.75, 3.05) is 19.7 Å². The van der Waals surface area contributed by atoms with E-state index in [9.17, 15) is 4.39 Å². The molecule has 0 unspecified atom stereocenters. The molecule has 1 saturated heterocycles. The highest BCUT2D eigenvalue weighted by atomic mass is 35.5. The van der Waals surface area contributed by atoms with Crippen LogP contribution < -0.4 is 0 Å². The third-order valence-electron chi connectivity index (χ3n) is 5.03. The molecule has 2 atom stereocenters. The fourth-order valence-corrected chi connectivity index (χ4v) is 5.10. The zero-order valence-corrected chi connectivity index (χ0v) is 17.6. The van der Waals surface area contributed by atoms with E-state index in [0.29, 0.717) is 11.6 Å².